The van der Waals surface area contributed by atoms with Crippen molar-refractivity contribution in [2.75, 3.05) is 0 Å². The minimum atomic E-state index is 1.12. The van der Waals surface area contributed by atoms with E-state index in [1.54, 1.807) is 0 Å². The van der Waals surface area contributed by atoms with Gasteiger partial charge in [-0.05, 0) is 25.3 Å². The third kappa shape index (κ3) is 5.97. The Labute approximate surface area is 106 Å². The first-order chi connectivity index (χ1) is 8.36. The smallest absolute Gasteiger partial charge is 0.0590 e. The van der Waals surface area contributed by atoms with Crippen molar-refractivity contribution < 1.29 is 0 Å². The maximum Gasteiger partial charge on any atom is 0.0590 e. The van der Waals surface area contributed by atoms with E-state index in [1.807, 2.05) is 19.4 Å². The molecule has 0 aliphatic heterocycles. The molecule has 0 heterocycles. The van der Waals surface area contributed by atoms with Gasteiger partial charge in [-0.3, -0.25) is 0 Å². The summed E-state index contributed by atoms with van der Waals surface area (Å²) < 4.78 is 0. The van der Waals surface area contributed by atoms with Gasteiger partial charge in [-0.1, -0.05) is 67.7 Å². The van der Waals surface area contributed by atoms with Crippen LogP contribution in [0.2, 0.25) is 0 Å². The molecule has 1 rings (SSSR count). The Balaban J connectivity index is 2.66. The van der Waals surface area contributed by atoms with Gasteiger partial charge in [-0.2, -0.15) is 0 Å². The van der Waals surface area contributed by atoms with Gasteiger partial charge in [0.1, 0.15) is 0 Å². The molecular formula is C17H21. The van der Waals surface area contributed by atoms with E-state index in [9.17, 15) is 0 Å². The van der Waals surface area contributed by atoms with Crippen molar-refractivity contribution in [1.29, 1.82) is 0 Å². The molecule has 0 aromatic heterocycles. The van der Waals surface area contributed by atoms with Gasteiger partial charge in [0.25, 0.3) is 0 Å². The SMILES string of the molecule is CC#C[CH]/C(=C\c1ccccc1)CCCCC. The second-order valence-electron chi connectivity index (χ2n) is 4.13. The number of hydrogen-bond acceptors (Lipinski definition) is 0. The first-order valence-corrected chi connectivity index (χ1v) is 6.38. The van der Waals surface area contributed by atoms with Crippen molar-refractivity contribution in [2.45, 2.75) is 39.5 Å². The molecule has 0 spiro atoms. The van der Waals surface area contributed by atoms with Crippen molar-refractivity contribution >= 4 is 6.08 Å². The fourth-order valence-corrected chi connectivity index (χ4v) is 1.69. The topological polar surface area (TPSA) is 0 Å². The van der Waals surface area contributed by atoms with E-state index in [1.165, 1.54) is 30.4 Å². The van der Waals surface area contributed by atoms with Crippen LogP contribution < -0.4 is 0 Å². The molecule has 0 unspecified atom stereocenters. The molecule has 0 saturated heterocycles. The Hall–Kier alpha value is -1.48. The van der Waals surface area contributed by atoms with Crippen LogP contribution in [0.1, 0.15) is 45.1 Å². The molecule has 0 aliphatic rings. The van der Waals surface area contributed by atoms with E-state index in [2.05, 4.69) is 49.1 Å². The number of hydrogen-bond donors (Lipinski definition) is 0. The average molecular weight is 225 g/mol. The first kappa shape index (κ1) is 13.6. The summed E-state index contributed by atoms with van der Waals surface area (Å²) >= 11 is 0. The van der Waals surface area contributed by atoms with Crippen molar-refractivity contribution in [2.24, 2.45) is 0 Å². The van der Waals surface area contributed by atoms with Crippen LogP contribution >= 0.6 is 0 Å². The lowest BCUT2D eigenvalue weighted by molar-refractivity contribution is 0.718. The second-order valence-corrected chi connectivity index (χ2v) is 4.13. The van der Waals surface area contributed by atoms with Gasteiger partial charge in [0.2, 0.25) is 0 Å². The van der Waals surface area contributed by atoms with Crippen LogP contribution in [0.5, 0.6) is 0 Å². The molecule has 0 saturated carbocycles. The van der Waals surface area contributed by atoms with Crippen molar-refractivity contribution in [3.63, 3.8) is 0 Å². The molecule has 89 valence electrons. The van der Waals surface area contributed by atoms with Crippen LogP contribution in [0.25, 0.3) is 6.08 Å². The predicted molar refractivity (Wildman–Crippen MR) is 76.3 cm³/mol. The molecule has 0 nitrogen and oxygen atoms in total. The van der Waals surface area contributed by atoms with Gasteiger partial charge >= 0.3 is 0 Å². The van der Waals surface area contributed by atoms with Crippen molar-refractivity contribution in [1.82, 2.24) is 0 Å². The van der Waals surface area contributed by atoms with Crippen LogP contribution in [0, 0.1) is 18.3 Å². The Morgan fingerprint density at radius 2 is 1.94 bits per heavy atom. The molecule has 0 aliphatic carbocycles. The van der Waals surface area contributed by atoms with Gasteiger partial charge in [0.15, 0.2) is 0 Å². The maximum atomic E-state index is 3.05. The molecule has 1 radical (unpaired) electrons. The number of allylic oxidation sites excluding steroid dienone is 1. The van der Waals surface area contributed by atoms with Crippen LogP contribution in [-0.4, -0.2) is 0 Å². The van der Waals surface area contributed by atoms with Crippen molar-refractivity contribution in [3.05, 3.63) is 47.9 Å². The quantitative estimate of drug-likeness (QED) is 0.478. The Kier molecular flexibility index (Phi) is 6.91. The normalized spacial score (nSPS) is 10.8. The molecule has 1 aromatic carbocycles. The van der Waals surface area contributed by atoms with Crippen LogP contribution in [0.4, 0.5) is 0 Å². The van der Waals surface area contributed by atoms with Gasteiger partial charge < -0.3 is 0 Å². The van der Waals surface area contributed by atoms with Gasteiger partial charge in [-0.15, -0.1) is 5.92 Å². The molecule has 0 atom stereocenters. The largest absolute Gasteiger partial charge is 0.106 e. The maximum absolute atomic E-state index is 3.05. The molecule has 0 amide bonds. The zero-order chi connectivity index (χ0) is 12.3. The van der Waals surface area contributed by atoms with Crippen molar-refractivity contribution in [3.8, 4) is 11.8 Å². The van der Waals surface area contributed by atoms with Crippen LogP contribution in [0.3, 0.4) is 0 Å². The van der Waals surface area contributed by atoms with Crippen LogP contribution in [0.15, 0.2) is 35.9 Å². The number of rotatable bonds is 6. The minimum Gasteiger partial charge on any atom is -0.106 e. The molecule has 0 N–H and O–H groups in total. The van der Waals surface area contributed by atoms with E-state index < -0.39 is 0 Å². The Morgan fingerprint density at radius 3 is 2.59 bits per heavy atom. The summed E-state index contributed by atoms with van der Waals surface area (Å²) in [7, 11) is 0. The lowest BCUT2D eigenvalue weighted by Crippen LogP contribution is -1.85. The second kappa shape index (κ2) is 8.65. The number of benzene rings is 1. The third-order valence-corrected chi connectivity index (χ3v) is 2.62. The van der Waals surface area contributed by atoms with Gasteiger partial charge in [-0.25, -0.2) is 0 Å². The predicted octanol–water partition coefficient (Wildman–Crippen LogP) is 4.88. The molecule has 0 heteroatoms. The highest BCUT2D eigenvalue weighted by molar-refractivity contribution is 5.56. The highest BCUT2D eigenvalue weighted by Gasteiger charge is 1.97. The fourth-order valence-electron chi connectivity index (χ4n) is 1.69. The first-order valence-electron chi connectivity index (χ1n) is 6.38. The fraction of sp³-hybridized carbons (Fsp3) is 0.353. The summed E-state index contributed by atoms with van der Waals surface area (Å²) in [6.45, 7) is 4.11. The molecule has 0 fully saturated rings. The zero-order valence-corrected chi connectivity index (χ0v) is 10.9. The third-order valence-electron chi connectivity index (χ3n) is 2.62. The van der Waals surface area contributed by atoms with Gasteiger partial charge in [0, 0.05) is 0 Å². The average Bonchev–Trinajstić information content (AvgIpc) is 2.37. The molecule has 1 aromatic rings. The molecule has 17 heavy (non-hydrogen) atoms. The lowest BCUT2D eigenvalue weighted by atomic mass is 10.0. The summed E-state index contributed by atoms with van der Waals surface area (Å²) in [6.07, 6.45) is 9.20. The summed E-state index contributed by atoms with van der Waals surface area (Å²) in [5, 5.41) is 0. The highest BCUT2D eigenvalue weighted by atomic mass is 14.0. The van der Waals surface area contributed by atoms with E-state index in [0.717, 1.165) is 6.42 Å². The monoisotopic (exact) mass is 225 g/mol. The van der Waals surface area contributed by atoms with Gasteiger partial charge in [0.05, 0.1) is 6.42 Å². The van der Waals surface area contributed by atoms with E-state index in [0.29, 0.717) is 0 Å². The highest BCUT2D eigenvalue weighted by Crippen LogP contribution is 2.15. The molecule has 0 bridgehead atoms. The molecular weight excluding hydrogens is 204 g/mol. The number of unbranched alkanes of at least 4 members (excludes halogenated alkanes) is 2. The zero-order valence-electron chi connectivity index (χ0n) is 10.9. The Morgan fingerprint density at radius 1 is 1.18 bits per heavy atom. The summed E-state index contributed by atoms with van der Waals surface area (Å²) in [5.41, 5.74) is 2.59. The summed E-state index contributed by atoms with van der Waals surface area (Å²) in [5.74, 6) is 5.98. The van der Waals surface area contributed by atoms with E-state index in [4.69, 9.17) is 0 Å². The Bertz CT molecular complexity index is 387. The van der Waals surface area contributed by atoms with E-state index >= 15 is 0 Å². The minimum absolute atomic E-state index is 1.12. The summed E-state index contributed by atoms with van der Waals surface area (Å²) in [4.78, 5) is 0. The summed E-state index contributed by atoms with van der Waals surface area (Å²) in [6, 6.07) is 10.5. The standard InChI is InChI=1S/C17H21/c1-3-5-8-12-16(11-6-4-2)15-17-13-9-7-10-14-17/h7,9-11,13-15H,3,5,8,12H2,1-2H3/b16-15+. The van der Waals surface area contributed by atoms with E-state index in [-0.39, 0.29) is 0 Å². The van der Waals surface area contributed by atoms with Crippen LogP contribution in [-0.2, 0) is 0 Å². The lowest BCUT2D eigenvalue weighted by Gasteiger charge is -2.03.